The largest absolute Gasteiger partial charge is 0.430 e. The van der Waals surface area contributed by atoms with Crippen LogP contribution in [0.25, 0.3) is 0 Å². The third kappa shape index (κ3) is 13.1. The number of hydrogen-bond acceptors (Lipinski definition) is 8. The highest BCUT2D eigenvalue weighted by atomic mass is 19.4. The van der Waals surface area contributed by atoms with E-state index in [9.17, 15) is 86.1 Å². The van der Waals surface area contributed by atoms with Crippen LogP contribution in [0.5, 0.6) is 0 Å². The van der Waals surface area contributed by atoms with Crippen molar-refractivity contribution in [1.29, 1.82) is 0 Å². The van der Waals surface area contributed by atoms with Crippen LogP contribution in [0.3, 0.4) is 0 Å². The Morgan fingerprint density at radius 3 is 1.21 bits per heavy atom. The average molecular weight is 1080 g/mol. The van der Waals surface area contributed by atoms with Crippen molar-refractivity contribution in [1.82, 2.24) is 19.6 Å². The van der Waals surface area contributed by atoms with E-state index in [0.717, 1.165) is 36.4 Å². The van der Waals surface area contributed by atoms with Gasteiger partial charge in [0.05, 0.1) is 11.4 Å². The first-order chi connectivity index (χ1) is 34.9. The summed E-state index contributed by atoms with van der Waals surface area (Å²) in [6.07, 6.45) is -23.8. The number of piperazine rings is 2. The van der Waals surface area contributed by atoms with Crippen molar-refractivity contribution in [3.8, 4) is 0 Å². The number of rotatable bonds is 10. The van der Waals surface area contributed by atoms with E-state index in [1.165, 1.54) is 34.1 Å². The lowest BCUT2D eigenvalue weighted by Crippen LogP contribution is -2.53. The number of nitrogen functional groups attached to an aromatic ring is 1. The fraction of sp³-hybridized carbons (Fsp3) is 0.327. The van der Waals surface area contributed by atoms with Crippen LogP contribution in [0.2, 0.25) is 0 Å². The summed E-state index contributed by atoms with van der Waals surface area (Å²) in [7, 11) is 0. The number of alkyl halides is 12. The lowest BCUT2D eigenvalue weighted by Gasteiger charge is -2.35. The molecule has 75 heavy (non-hydrogen) atoms. The maximum absolute atomic E-state index is 14.7. The van der Waals surface area contributed by atoms with Crippen LogP contribution in [-0.4, -0.2) is 125 Å². The molecule has 2 heterocycles. The van der Waals surface area contributed by atoms with Crippen LogP contribution in [0.15, 0.2) is 115 Å². The quantitative estimate of drug-likeness (QED) is 0.0685. The minimum atomic E-state index is -5.97. The van der Waals surface area contributed by atoms with Crippen LogP contribution in [0.1, 0.15) is 43.0 Å². The van der Waals surface area contributed by atoms with Gasteiger partial charge < -0.3 is 36.4 Å². The Morgan fingerprint density at radius 2 is 0.853 bits per heavy atom. The number of anilines is 3. The van der Waals surface area contributed by atoms with Gasteiger partial charge >= 0.3 is 30.7 Å². The molecule has 0 aromatic heterocycles. The molecule has 2 aliphatic rings. The molecule has 0 atom stereocenters. The second-order valence-corrected chi connectivity index (χ2v) is 17.3. The Balaban J connectivity index is 0.000000251. The van der Waals surface area contributed by atoms with E-state index >= 15 is 0 Å². The van der Waals surface area contributed by atoms with Crippen LogP contribution >= 0.6 is 0 Å². The van der Waals surface area contributed by atoms with Gasteiger partial charge in [0.15, 0.2) is 0 Å². The van der Waals surface area contributed by atoms with Crippen molar-refractivity contribution >= 4 is 34.9 Å². The summed E-state index contributed by atoms with van der Waals surface area (Å²) in [5.74, 6) is -2.34. The zero-order valence-electron chi connectivity index (χ0n) is 38.8. The van der Waals surface area contributed by atoms with E-state index in [2.05, 4.69) is 10.6 Å². The number of nitrogens with two attached hydrogens (primary N) is 1. The molecule has 2 aliphatic heterocycles. The van der Waals surface area contributed by atoms with Crippen LogP contribution in [-0.2, 0) is 24.3 Å². The molecule has 4 amide bonds. The van der Waals surface area contributed by atoms with E-state index in [1.807, 2.05) is 9.80 Å². The first-order valence-corrected chi connectivity index (χ1v) is 22.3. The highest BCUT2D eigenvalue weighted by molar-refractivity contribution is 6.00. The topological polar surface area (TPSA) is 155 Å². The molecule has 7 rings (SSSR count). The standard InChI is InChI=1S/C28H25F7N4O3.C21H20F7N3O2/c29-22-16-19(8-11-23(22)37-25(41)36-21-4-2-1-3-5-21)24(40)39-14-12-38(13-15-39)17-18-6-9-20(10-7-18)26(42,27(30,31)32)28(33,34)35;22-16-11-14(3-6-17(16)29)18(32)31-9-7-30(8-10-31)12-13-1-4-15(5-2-13)19(33,20(23,24)25)21(26,27)28/h1-11,16,42H,12-15,17H2,(H2,36,37,41);1-6,11,33H,7-10,12,29H2. The molecule has 5 aromatic carbocycles. The molecule has 0 spiro atoms. The smallest absolute Gasteiger partial charge is 0.396 e. The normalized spacial score (nSPS) is 15.5. The number of nitrogens with one attached hydrogen (secondary N) is 2. The molecule has 0 bridgehead atoms. The van der Waals surface area contributed by atoms with Crippen LogP contribution in [0.4, 0.5) is 83.3 Å². The van der Waals surface area contributed by atoms with E-state index in [1.54, 1.807) is 30.3 Å². The highest BCUT2D eigenvalue weighted by Gasteiger charge is 2.72. The van der Waals surface area contributed by atoms with Gasteiger partial charge in [0.25, 0.3) is 23.0 Å². The molecule has 404 valence electrons. The fourth-order valence-corrected chi connectivity index (χ4v) is 7.99. The number of aliphatic hydroxyl groups is 2. The van der Waals surface area contributed by atoms with Gasteiger partial charge in [0, 0.05) is 93.4 Å². The predicted molar refractivity (Wildman–Crippen MR) is 244 cm³/mol. The lowest BCUT2D eigenvalue weighted by atomic mass is 9.91. The summed E-state index contributed by atoms with van der Waals surface area (Å²) in [6.45, 7) is 2.91. The molecule has 26 heteroatoms. The van der Waals surface area contributed by atoms with Crippen molar-refractivity contribution in [2.24, 2.45) is 0 Å². The second kappa shape index (κ2) is 22.4. The number of urea groups is 1. The van der Waals surface area contributed by atoms with Gasteiger partial charge in [-0.3, -0.25) is 19.4 Å². The van der Waals surface area contributed by atoms with E-state index in [4.69, 9.17) is 5.73 Å². The molecule has 2 saturated heterocycles. The van der Waals surface area contributed by atoms with Crippen molar-refractivity contribution in [3.05, 3.63) is 160 Å². The molecular weight excluding hydrogens is 1030 g/mol. The Hall–Kier alpha value is -7.03. The Morgan fingerprint density at radius 1 is 0.480 bits per heavy atom. The SMILES string of the molecule is Nc1ccc(C(=O)N2CCN(Cc3ccc(C(O)(C(F)(F)F)C(F)(F)F)cc3)CC2)cc1F.O=C(Nc1ccccc1)Nc1ccc(C(=O)N2CCN(Cc3ccc(C(O)(C(F)(F)F)C(F)(F)F)cc3)CC2)cc1F. The van der Waals surface area contributed by atoms with Gasteiger partial charge in [0.1, 0.15) is 11.6 Å². The first kappa shape index (κ1) is 57.3. The van der Waals surface area contributed by atoms with Gasteiger partial charge in [-0.25, -0.2) is 13.6 Å². The monoisotopic (exact) mass is 1080 g/mol. The number of hydrogen-bond donors (Lipinski definition) is 5. The maximum Gasteiger partial charge on any atom is 0.430 e. The van der Waals surface area contributed by atoms with Gasteiger partial charge in [-0.15, -0.1) is 0 Å². The number of carbonyl (C=O) groups excluding carboxylic acids is 3. The number of para-hydroxylation sites is 1. The van der Waals surface area contributed by atoms with Gasteiger partial charge in [0.2, 0.25) is 0 Å². The molecule has 12 nitrogen and oxygen atoms in total. The fourth-order valence-electron chi connectivity index (χ4n) is 7.99. The predicted octanol–water partition coefficient (Wildman–Crippen LogP) is 9.42. The summed E-state index contributed by atoms with van der Waals surface area (Å²) < 4.78 is 185. The summed E-state index contributed by atoms with van der Waals surface area (Å²) in [6, 6.07) is 22.0. The Labute approximate surface area is 417 Å². The number of amides is 4. The van der Waals surface area contributed by atoms with E-state index in [0.29, 0.717) is 80.3 Å². The maximum atomic E-state index is 14.7. The Bertz CT molecular complexity index is 2750. The average Bonchev–Trinajstić information content (AvgIpc) is 3.34. The third-order valence-corrected chi connectivity index (χ3v) is 12.3. The lowest BCUT2D eigenvalue weighted by molar-refractivity contribution is -0.376. The zero-order chi connectivity index (χ0) is 55.3. The summed E-state index contributed by atoms with van der Waals surface area (Å²) >= 11 is 0. The van der Waals surface area contributed by atoms with Crippen LogP contribution < -0.4 is 16.4 Å². The van der Waals surface area contributed by atoms with Gasteiger partial charge in [-0.1, -0.05) is 66.7 Å². The molecular formula is C49H45F14N7O5. The molecule has 6 N–H and O–H groups in total. The number of carbonyl (C=O) groups is 3. The minimum Gasteiger partial charge on any atom is -0.396 e. The van der Waals surface area contributed by atoms with E-state index in [-0.39, 0.29) is 54.6 Å². The third-order valence-electron chi connectivity index (χ3n) is 12.3. The zero-order valence-corrected chi connectivity index (χ0v) is 38.8. The number of benzene rings is 5. The van der Waals surface area contributed by atoms with Crippen molar-refractivity contribution in [2.45, 2.75) is 49.0 Å². The summed E-state index contributed by atoms with van der Waals surface area (Å²) in [5, 5.41) is 23.9. The van der Waals surface area contributed by atoms with Gasteiger partial charge in [-0.05, 0) is 59.7 Å². The first-order valence-electron chi connectivity index (χ1n) is 22.3. The van der Waals surface area contributed by atoms with Gasteiger partial charge in [-0.2, -0.15) is 52.7 Å². The molecule has 2 fully saturated rings. The van der Waals surface area contributed by atoms with Crippen molar-refractivity contribution in [3.63, 3.8) is 0 Å². The highest BCUT2D eigenvalue weighted by Crippen LogP contribution is 2.51. The molecule has 0 unspecified atom stereocenters. The number of halogens is 14. The Kier molecular flexibility index (Phi) is 17.1. The second-order valence-electron chi connectivity index (χ2n) is 17.3. The van der Waals surface area contributed by atoms with Crippen molar-refractivity contribution < 1.29 is 86.1 Å². The van der Waals surface area contributed by atoms with E-state index < -0.39 is 70.6 Å². The summed E-state index contributed by atoms with van der Waals surface area (Å²) in [4.78, 5) is 44.3. The molecule has 0 radical (unpaired) electrons. The molecule has 0 saturated carbocycles. The minimum absolute atomic E-state index is 0.0624. The number of nitrogens with zero attached hydrogens (tertiary/aromatic N) is 4. The molecule has 5 aromatic rings. The van der Waals surface area contributed by atoms with Crippen molar-refractivity contribution in [2.75, 3.05) is 68.7 Å². The van der Waals surface area contributed by atoms with Crippen LogP contribution in [0, 0.1) is 11.6 Å². The summed E-state index contributed by atoms with van der Waals surface area (Å²) in [5.41, 5.74) is -5.86. The molecule has 0 aliphatic carbocycles.